The molecular formula is C15H10ClF3N4O. The molecule has 5 nitrogen and oxygen atoms in total. The summed E-state index contributed by atoms with van der Waals surface area (Å²) < 4.78 is 44.4. The van der Waals surface area contributed by atoms with Crippen LogP contribution in [0.4, 0.5) is 13.2 Å². The molecule has 1 aromatic carbocycles. The Morgan fingerprint density at radius 2 is 1.96 bits per heavy atom. The quantitative estimate of drug-likeness (QED) is 0.713. The molecule has 2 heterocycles. The van der Waals surface area contributed by atoms with Gasteiger partial charge < -0.3 is 4.74 Å². The molecule has 9 heteroatoms. The minimum atomic E-state index is -4.56. The molecule has 2 aromatic heterocycles. The number of ether oxygens (including phenoxy) is 1. The van der Waals surface area contributed by atoms with E-state index in [0.717, 1.165) is 10.9 Å². The molecule has 3 aromatic rings. The fourth-order valence-electron chi connectivity index (χ4n) is 2.14. The highest BCUT2D eigenvalue weighted by molar-refractivity contribution is 6.31. The fourth-order valence-corrected chi connectivity index (χ4v) is 2.31. The number of hydrogen-bond acceptors (Lipinski definition) is 4. The van der Waals surface area contributed by atoms with Gasteiger partial charge in [-0.1, -0.05) is 16.8 Å². The topological polar surface area (TPSA) is 52.8 Å². The van der Waals surface area contributed by atoms with Crippen molar-refractivity contribution in [2.24, 2.45) is 0 Å². The van der Waals surface area contributed by atoms with Gasteiger partial charge >= 0.3 is 6.18 Å². The van der Waals surface area contributed by atoms with Crippen LogP contribution in [0.1, 0.15) is 5.69 Å². The lowest BCUT2D eigenvalue weighted by Crippen LogP contribution is -2.05. The number of halogens is 4. The molecule has 0 bridgehead atoms. The maximum atomic E-state index is 12.7. The number of hydrogen-bond donors (Lipinski definition) is 0. The van der Waals surface area contributed by atoms with Gasteiger partial charge in [0.1, 0.15) is 0 Å². The molecule has 0 N–H and O–H groups in total. The number of alkyl halides is 3. The van der Waals surface area contributed by atoms with Crippen LogP contribution in [-0.2, 0) is 6.18 Å². The van der Waals surface area contributed by atoms with Crippen LogP contribution in [0.2, 0.25) is 5.02 Å². The third-order valence-electron chi connectivity index (χ3n) is 3.24. The molecule has 0 unspecified atom stereocenters. The molecule has 0 atom stereocenters. The zero-order chi connectivity index (χ0) is 17.3. The summed E-state index contributed by atoms with van der Waals surface area (Å²) >= 11 is 6.03. The summed E-state index contributed by atoms with van der Waals surface area (Å²) in [5, 5.41) is 7.17. The zero-order valence-electron chi connectivity index (χ0n) is 12.3. The molecule has 24 heavy (non-hydrogen) atoms. The predicted molar refractivity (Wildman–Crippen MR) is 81.2 cm³/mol. The maximum Gasteiger partial charge on any atom is 0.436 e. The Kier molecular flexibility index (Phi) is 4.15. The van der Waals surface area contributed by atoms with E-state index in [9.17, 15) is 13.2 Å². The van der Waals surface area contributed by atoms with Crippen molar-refractivity contribution in [3.8, 4) is 22.7 Å². The van der Waals surface area contributed by atoms with E-state index in [1.807, 2.05) is 0 Å². The standard InChI is InChI=1S/C15H10ClF3N4O/c1-24-14-6-9(4-5-20-14)11-7-10(16)2-3-12(11)23-8-13(21-22-23)15(17,18)19/h2-8H,1H3. The lowest BCUT2D eigenvalue weighted by atomic mass is 10.0. The van der Waals surface area contributed by atoms with Gasteiger partial charge in [-0.25, -0.2) is 9.67 Å². The SMILES string of the molecule is COc1cc(-c2cc(Cl)ccc2-n2cc(C(F)(F)F)nn2)ccn1. The van der Waals surface area contributed by atoms with Gasteiger partial charge in [-0.2, -0.15) is 13.2 Å². The van der Waals surface area contributed by atoms with Crippen LogP contribution in [0.3, 0.4) is 0 Å². The van der Waals surface area contributed by atoms with Crippen LogP contribution in [0, 0.1) is 0 Å². The van der Waals surface area contributed by atoms with Gasteiger partial charge in [0.15, 0.2) is 5.69 Å². The van der Waals surface area contributed by atoms with Gasteiger partial charge in [0, 0.05) is 22.8 Å². The lowest BCUT2D eigenvalue weighted by Gasteiger charge is -2.10. The minimum absolute atomic E-state index is 0.369. The number of methoxy groups -OCH3 is 1. The number of rotatable bonds is 3. The van der Waals surface area contributed by atoms with Crippen molar-refractivity contribution in [3.05, 3.63) is 53.4 Å². The van der Waals surface area contributed by atoms with E-state index in [1.165, 1.54) is 13.3 Å². The third-order valence-corrected chi connectivity index (χ3v) is 3.48. The number of pyridine rings is 1. The van der Waals surface area contributed by atoms with Crippen molar-refractivity contribution in [2.75, 3.05) is 7.11 Å². The Hall–Kier alpha value is -2.61. The summed E-state index contributed by atoms with van der Waals surface area (Å²) in [5.74, 6) is 0.369. The van der Waals surface area contributed by atoms with E-state index in [1.54, 1.807) is 30.3 Å². The summed E-state index contributed by atoms with van der Waals surface area (Å²) in [6, 6.07) is 8.10. The molecule has 0 amide bonds. The maximum absolute atomic E-state index is 12.7. The second-order valence-electron chi connectivity index (χ2n) is 4.79. The Morgan fingerprint density at radius 1 is 1.17 bits per heavy atom. The summed E-state index contributed by atoms with van der Waals surface area (Å²) in [4.78, 5) is 4.01. The summed E-state index contributed by atoms with van der Waals surface area (Å²) in [7, 11) is 1.47. The van der Waals surface area contributed by atoms with Gasteiger partial charge in [-0.3, -0.25) is 0 Å². The van der Waals surface area contributed by atoms with Crippen molar-refractivity contribution in [1.29, 1.82) is 0 Å². The zero-order valence-corrected chi connectivity index (χ0v) is 13.0. The molecule has 0 saturated heterocycles. The van der Waals surface area contributed by atoms with E-state index in [2.05, 4.69) is 15.3 Å². The predicted octanol–water partition coefficient (Wildman–Crippen LogP) is 4.01. The fraction of sp³-hybridized carbons (Fsp3) is 0.133. The molecule has 124 valence electrons. The van der Waals surface area contributed by atoms with Gasteiger partial charge in [-0.15, -0.1) is 5.10 Å². The van der Waals surface area contributed by atoms with Crippen LogP contribution in [0.25, 0.3) is 16.8 Å². The first kappa shape index (κ1) is 16.3. The van der Waals surface area contributed by atoms with E-state index in [-0.39, 0.29) is 0 Å². The highest BCUT2D eigenvalue weighted by Crippen LogP contribution is 2.32. The first-order valence-corrected chi connectivity index (χ1v) is 7.06. The normalized spacial score (nSPS) is 11.5. The molecule has 0 spiro atoms. The summed E-state index contributed by atoms with van der Waals surface area (Å²) in [5.41, 5.74) is 0.566. The molecule has 0 saturated carbocycles. The first-order chi connectivity index (χ1) is 11.4. The number of nitrogens with zero attached hydrogens (tertiary/aromatic N) is 4. The average Bonchev–Trinajstić information content (AvgIpc) is 3.05. The van der Waals surface area contributed by atoms with Gasteiger partial charge in [0.2, 0.25) is 5.88 Å². The number of aromatic nitrogens is 4. The van der Waals surface area contributed by atoms with Crippen molar-refractivity contribution in [1.82, 2.24) is 20.0 Å². The van der Waals surface area contributed by atoms with Crippen molar-refractivity contribution in [3.63, 3.8) is 0 Å². The molecule has 0 aliphatic heterocycles. The molecule has 0 aliphatic carbocycles. The largest absolute Gasteiger partial charge is 0.481 e. The van der Waals surface area contributed by atoms with Crippen molar-refractivity contribution in [2.45, 2.75) is 6.18 Å². The Balaban J connectivity index is 2.14. The smallest absolute Gasteiger partial charge is 0.436 e. The second-order valence-corrected chi connectivity index (χ2v) is 5.23. The molecule has 0 radical (unpaired) electrons. The third kappa shape index (κ3) is 3.18. The van der Waals surface area contributed by atoms with Crippen molar-refractivity contribution >= 4 is 11.6 Å². The molecular weight excluding hydrogens is 345 g/mol. The molecule has 0 aliphatic rings. The van der Waals surface area contributed by atoms with Crippen LogP contribution >= 0.6 is 11.6 Å². The summed E-state index contributed by atoms with van der Waals surface area (Å²) in [6.07, 6.45) is -2.21. The number of benzene rings is 1. The first-order valence-electron chi connectivity index (χ1n) is 6.68. The van der Waals surface area contributed by atoms with Crippen LogP contribution < -0.4 is 4.74 Å². The van der Waals surface area contributed by atoms with Gasteiger partial charge in [0.25, 0.3) is 0 Å². The van der Waals surface area contributed by atoms with E-state index >= 15 is 0 Å². The van der Waals surface area contributed by atoms with Crippen LogP contribution in [-0.4, -0.2) is 27.1 Å². The van der Waals surface area contributed by atoms with Crippen LogP contribution in [0.15, 0.2) is 42.7 Å². The van der Waals surface area contributed by atoms with Gasteiger partial charge in [-0.05, 0) is 29.8 Å². The van der Waals surface area contributed by atoms with Crippen molar-refractivity contribution < 1.29 is 17.9 Å². The van der Waals surface area contributed by atoms with E-state index in [0.29, 0.717) is 27.7 Å². The molecule has 3 rings (SSSR count). The lowest BCUT2D eigenvalue weighted by molar-refractivity contribution is -0.141. The highest BCUT2D eigenvalue weighted by atomic mass is 35.5. The second kappa shape index (κ2) is 6.12. The highest BCUT2D eigenvalue weighted by Gasteiger charge is 2.34. The van der Waals surface area contributed by atoms with E-state index < -0.39 is 11.9 Å². The van der Waals surface area contributed by atoms with E-state index in [4.69, 9.17) is 16.3 Å². The Bertz CT molecular complexity index is 879. The minimum Gasteiger partial charge on any atom is -0.481 e. The van der Waals surface area contributed by atoms with Crippen LogP contribution in [0.5, 0.6) is 5.88 Å². The molecule has 0 fully saturated rings. The Morgan fingerprint density at radius 3 is 2.62 bits per heavy atom. The summed E-state index contributed by atoms with van der Waals surface area (Å²) in [6.45, 7) is 0. The monoisotopic (exact) mass is 354 g/mol. The Labute approximate surface area is 139 Å². The average molecular weight is 355 g/mol. The van der Waals surface area contributed by atoms with Gasteiger partial charge in [0.05, 0.1) is 19.0 Å².